The van der Waals surface area contributed by atoms with E-state index in [1.807, 2.05) is 6.92 Å². The number of phenols is 1. The predicted molar refractivity (Wildman–Crippen MR) is 73.8 cm³/mol. The van der Waals surface area contributed by atoms with E-state index in [0.717, 1.165) is 25.3 Å². The molecule has 0 radical (unpaired) electrons. The maximum Gasteiger partial charge on any atom is 0.254 e. The van der Waals surface area contributed by atoms with E-state index in [1.54, 1.807) is 0 Å². The summed E-state index contributed by atoms with van der Waals surface area (Å²) in [7, 11) is 0. The summed E-state index contributed by atoms with van der Waals surface area (Å²) in [6, 6.07) is 1.16. The minimum absolute atomic E-state index is 0.134. The zero-order valence-electron chi connectivity index (χ0n) is 12.1. The zero-order chi connectivity index (χ0) is 15.3. The van der Waals surface area contributed by atoms with Crippen LogP contribution in [-0.4, -0.2) is 17.6 Å². The van der Waals surface area contributed by atoms with Crippen molar-refractivity contribution < 1.29 is 18.7 Å². The molecule has 5 heteroatoms. The number of aryl methyl sites for hydroxylation is 1. The predicted octanol–water partition coefficient (Wildman–Crippen LogP) is 3.53. The van der Waals surface area contributed by atoms with Crippen molar-refractivity contribution in [2.45, 2.75) is 40.0 Å². The maximum atomic E-state index is 13.7. The van der Waals surface area contributed by atoms with E-state index in [4.69, 9.17) is 0 Å². The van der Waals surface area contributed by atoms with Gasteiger partial charge in [-0.15, -0.1) is 0 Å². The van der Waals surface area contributed by atoms with Crippen LogP contribution in [0.1, 0.15) is 49.0 Å². The van der Waals surface area contributed by atoms with Crippen LogP contribution in [0.2, 0.25) is 0 Å². The monoisotopic (exact) mass is 285 g/mol. The number of rotatable bonds is 6. The third-order valence-corrected chi connectivity index (χ3v) is 3.44. The molecule has 0 spiro atoms. The summed E-state index contributed by atoms with van der Waals surface area (Å²) in [6.45, 7) is 5.94. The molecular weight excluding hydrogens is 264 g/mol. The number of nitrogens with one attached hydrogen (secondary N) is 1. The molecule has 0 heterocycles. The number of carbonyl (C=O) groups excluding carboxylic acids is 1. The molecule has 20 heavy (non-hydrogen) atoms. The quantitative estimate of drug-likeness (QED) is 0.840. The molecule has 0 bridgehead atoms. The van der Waals surface area contributed by atoms with Crippen LogP contribution in [0.5, 0.6) is 5.75 Å². The second-order valence-electron chi connectivity index (χ2n) is 4.99. The van der Waals surface area contributed by atoms with Gasteiger partial charge in [0.15, 0.2) is 11.6 Å². The van der Waals surface area contributed by atoms with E-state index in [9.17, 15) is 18.7 Å². The van der Waals surface area contributed by atoms with Crippen molar-refractivity contribution in [2.75, 3.05) is 6.54 Å². The molecule has 0 aliphatic rings. The molecule has 1 rings (SSSR count). The lowest BCUT2D eigenvalue weighted by molar-refractivity contribution is 0.0940. The Labute approximate surface area is 118 Å². The Morgan fingerprint density at radius 2 is 2.00 bits per heavy atom. The number of hydrogen-bond acceptors (Lipinski definition) is 2. The van der Waals surface area contributed by atoms with Gasteiger partial charge in [0.2, 0.25) is 5.82 Å². The van der Waals surface area contributed by atoms with Crippen LogP contribution in [0, 0.1) is 24.5 Å². The van der Waals surface area contributed by atoms with Crippen LogP contribution in [0.4, 0.5) is 8.78 Å². The molecule has 2 N–H and O–H groups in total. The summed E-state index contributed by atoms with van der Waals surface area (Å²) < 4.78 is 27.0. The van der Waals surface area contributed by atoms with Crippen molar-refractivity contribution in [1.82, 2.24) is 5.32 Å². The SMILES string of the molecule is CCCC(CC)CNC(=O)c1cc(C)c(O)c(F)c1F. The molecule has 1 aromatic carbocycles. The fraction of sp³-hybridized carbons (Fsp3) is 0.533. The van der Waals surface area contributed by atoms with Crippen molar-refractivity contribution in [3.05, 3.63) is 28.8 Å². The summed E-state index contributed by atoms with van der Waals surface area (Å²) in [6.07, 6.45) is 2.90. The second kappa shape index (κ2) is 7.22. The van der Waals surface area contributed by atoms with Crippen LogP contribution in [-0.2, 0) is 0 Å². The van der Waals surface area contributed by atoms with E-state index < -0.39 is 23.3 Å². The van der Waals surface area contributed by atoms with Gasteiger partial charge in [0.05, 0.1) is 5.56 Å². The van der Waals surface area contributed by atoms with Gasteiger partial charge in [-0.25, -0.2) is 4.39 Å². The Bertz CT molecular complexity index is 489. The minimum atomic E-state index is -1.38. The Morgan fingerprint density at radius 3 is 2.55 bits per heavy atom. The highest BCUT2D eigenvalue weighted by molar-refractivity contribution is 5.94. The molecule has 0 fully saturated rings. The van der Waals surface area contributed by atoms with Crippen LogP contribution < -0.4 is 5.32 Å². The standard InChI is InChI=1S/C15H21F2NO2/c1-4-6-10(5-2)8-18-15(20)11-7-9(3)14(19)13(17)12(11)16/h7,10,19H,4-6,8H2,1-3H3,(H,18,20). The van der Waals surface area contributed by atoms with E-state index >= 15 is 0 Å². The number of halogens is 2. The zero-order valence-corrected chi connectivity index (χ0v) is 12.1. The number of carbonyl (C=O) groups is 1. The van der Waals surface area contributed by atoms with Gasteiger partial charge in [-0.05, 0) is 30.9 Å². The molecule has 1 unspecified atom stereocenters. The largest absolute Gasteiger partial charge is 0.505 e. The summed E-state index contributed by atoms with van der Waals surface area (Å²) >= 11 is 0. The van der Waals surface area contributed by atoms with Crippen molar-refractivity contribution in [3.8, 4) is 5.75 Å². The Kier molecular flexibility index (Phi) is 5.92. The Balaban J connectivity index is 2.83. The molecule has 3 nitrogen and oxygen atoms in total. The normalized spacial score (nSPS) is 12.2. The molecule has 1 amide bonds. The van der Waals surface area contributed by atoms with Gasteiger partial charge in [0, 0.05) is 6.54 Å². The summed E-state index contributed by atoms with van der Waals surface area (Å²) in [4.78, 5) is 11.9. The first-order valence-corrected chi connectivity index (χ1v) is 6.88. The summed E-state index contributed by atoms with van der Waals surface area (Å²) in [5.74, 6) is -3.77. The molecular formula is C15H21F2NO2. The van der Waals surface area contributed by atoms with Gasteiger partial charge in [0.1, 0.15) is 0 Å². The van der Waals surface area contributed by atoms with Crippen molar-refractivity contribution in [1.29, 1.82) is 0 Å². The topological polar surface area (TPSA) is 49.3 Å². The van der Waals surface area contributed by atoms with Gasteiger partial charge in [-0.1, -0.05) is 26.7 Å². The maximum absolute atomic E-state index is 13.7. The lowest BCUT2D eigenvalue weighted by atomic mass is 10.0. The first-order valence-electron chi connectivity index (χ1n) is 6.88. The van der Waals surface area contributed by atoms with Crippen molar-refractivity contribution >= 4 is 5.91 Å². The molecule has 1 aromatic rings. The first-order chi connectivity index (χ1) is 9.42. The lowest BCUT2D eigenvalue weighted by Crippen LogP contribution is -2.30. The van der Waals surface area contributed by atoms with Crippen LogP contribution in [0.15, 0.2) is 6.07 Å². The highest BCUT2D eigenvalue weighted by Gasteiger charge is 2.21. The van der Waals surface area contributed by atoms with E-state index in [0.29, 0.717) is 12.5 Å². The fourth-order valence-corrected chi connectivity index (χ4v) is 2.10. The van der Waals surface area contributed by atoms with Gasteiger partial charge in [0.25, 0.3) is 5.91 Å². The molecule has 0 aromatic heterocycles. The number of benzene rings is 1. The van der Waals surface area contributed by atoms with Gasteiger partial charge in [-0.2, -0.15) is 4.39 Å². The average Bonchev–Trinajstić information content (AvgIpc) is 2.44. The van der Waals surface area contributed by atoms with Crippen molar-refractivity contribution in [2.24, 2.45) is 5.92 Å². The van der Waals surface area contributed by atoms with Crippen LogP contribution in [0.25, 0.3) is 0 Å². The molecule has 0 aliphatic heterocycles. The molecule has 0 aliphatic carbocycles. The fourth-order valence-electron chi connectivity index (χ4n) is 2.10. The second-order valence-corrected chi connectivity index (χ2v) is 4.99. The summed E-state index contributed by atoms with van der Waals surface area (Å²) in [5.41, 5.74) is -0.237. The Hall–Kier alpha value is -1.65. The molecule has 1 atom stereocenters. The third kappa shape index (κ3) is 3.68. The highest BCUT2D eigenvalue weighted by atomic mass is 19.2. The summed E-state index contributed by atoms with van der Waals surface area (Å²) in [5, 5.41) is 11.9. The molecule has 0 saturated carbocycles. The average molecular weight is 285 g/mol. The van der Waals surface area contributed by atoms with E-state index in [-0.39, 0.29) is 11.1 Å². The van der Waals surface area contributed by atoms with Gasteiger partial charge < -0.3 is 10.4 Å². The number of hydrogen-bond donors (Lipinski definition) is 2. The Morgan fingerprint density at radius 1 is 1.35 bits per heavy atom. The van der Waals surface area contributed by atoms with E-state index in [2.05, 4.69) is 12.2 Å². The number of phenolic OH excluding ortho intramolecular Hbond substituents is 1. The van der Waals surface area contributed by atoms with Crippen molar-refractivity contribution in [3.63, 3.8) is 0 Å². The van der Waals surface area contributed by atoms with Gasteiger partial charge >= 0.3 is 0 Å². The number of amides is 1. The number of aromatic hydroxyl groups is 1. The van der Waals surface area contributed by atoms with E-state index in [1.165, 1.54) is 6.92 Å². The molecule has 112 valence electrons. The first kappa shape index (κ1) is 16.4. The highest BCUT2D eigenvalue weighted by Crippen LogP contribution is 2.26. The van der Waals surface area contributed by atoms with Crippen LogP contribution >= 0.6 is 0 Å². The third-order valence-electron chi connectivity index (χ3n) is 3.44. The van der Waals surface area contributed by atoms with Crippen LogP contribution in [0.3, 0.4) is 0 Å². The van der Waals surface area contributed by atoms with Gasteiger partial charge in [-0.3, -0.25) is 4.79 Å². The smallest absolute Gasteiger partial charge is 0.254 e. The minimum Gasteiger partial charge on any atom is -0.505 e. The lowest BCUT2D eigenvalue weighted by Gasteiger charge is -2.15. The molecule has 0 saturated heterocycles.